The first kappa shape index (κ1) is 17.3. The Morgan fingerprint density at radius 3 is 2.65 bits per heavy atom. The van der Waals surface area contributed by atoms with Crippen molar-refractivity contribution in [3.63, 3.8) is 0 Å². The Kier molecular flexibility index (Phi) is 4.65. The fraction of sp³-hybridized carbons (Fsp3) is 0.467. The van der Waals surface area contributed by atoms with Crippen LogP contribution in [0.5, 0.6) is 5.75 Å². The van der Waals surface area contributed by atoms with Gasteiger partial charge in [-0.3, -0.25) is 4.79 Å². The highest BCUT2D eigenvalue weighted by Crippen LogP contribution is 2.23. The molecule has 1 saturated heterocycles. The number of aromatic hydroxyl groups is 1. The Morgan fingerprint density at radius 2 is 2.09 bits per heavy atom. The largest absolute Gasteiger partial charge is 0.507 e. The first-order valence-corrected chi connectivity index (χ1v) is 8.91. The number of nitrogens with one attached hydrogen (secondary N) is 1. The van der Waals surface area contributed by atoms with Gasteiger partial charge in [-0.2, -0.15) is 0 Å². The van der Waals surface area contributed by atoms with E-state index in [0.29, 0.717) is 6.42 Å². The van der Waals surface area contributed by atoms with Crippen molar-refractivity contribution in [1.29, 1.82) is 0 Å². The minimum absolute atomic E-state index is 0.0286. The highest BCUT2D eigenvalue weighted by molar-refractivity contribution is 7.91. The van der Waals surface area contributed by atoms with Crippen LogP contribution in [0.1, 0.15) is 29.3 Å². The number of benzene rings is 1. The molecular weight excluding hydrogens is 322 g/mol. The van der Waals surface area contributed by atoms with Crippen LogP contribution < -0.4 is 5.32 Å². The van der Waals surface area contributed by atoms with Gasteiger partial charge in [0, 0.05) is 0 Å². The lowest BCUT2D eigenvalue weighted by molar-refractivity contribution is -0.125. The SMILES string of the molecule is Cc1ccc(C(=O)OCC(=O)N[C@]2(C)CCS(=O)(=O)C2)c(O)c1. The molecule has 0 spiro atoms. The van der Waals surface area contributed by atoms with Crippen molar-refractivity contribution in [1.82, 2.24) is 5.32 Å². The number of carbonyl (C=O) groups excluding carboxylic acids is 2. The zero-order valence-corrected chi connectivity index (χ0v) is 13.8. The zero-order chi connectivity index (χ0) is 17.3. The van der Waals surface area contributed by atoms with Crippen molar-refractivity contribution >= 4 is 21.7 Å². The predicted octanol–water partition coefficient (Wildman–Crippen LogP) is 0.551. The molecule has 0 unspecified atom stereocenters. The van der Waals surface area contributed by atoms with E-state index in [1.807, 2.05) is 0 Å². The number of hydrogen-bond donors (Lipinski definition) is 2. The highest BCUT2D eigenvalue weighted by Gasteiger charge is 2.39. The van der Waals surface area contributed by atoms with Crippen molar-refractivity contribution in [2.45, 2.75) is 25.8 Å². The first-order valence-electron chi connectivity index (χ1n) is 7.08. The number of phenols is 1. The Bertz CT molecular complexity index is 742. The Hall–Kier alpha value is -2.09. The van der Waals surface area contributed by atoms with Crippen molar-refractivity contribution in [3.8, 4) is 5.75 Å². The molecule has 2 N–H and O–H groups in total. The van der Waals surface area contributed by atoms with Gasteiger partial charge in [0.2, 0.25) is 0 Å². The molecule has 0 saturated carbocycles. The van der Waals surface area contributed by atoms with Gasteiger partial charge in [-0.25, -0.2) is 13.2 Å². The Labute approximate surface area is 134 Å². The maximum Gasteiger partial charge on any atom is 0.342 e. The number of aryl methyl sites for hydroxylation is 1. The third-order valence-electron chi connectivity index (χ3n) is 3.65. The van der Waals surface area contributed by atoms with Gasteiger partial charge in [-0.05, 0) is 38.0 Å². The van der Waals surface area contributed by atoms with E-state index in [9.17, 15) is 23.1 Å². The summed E-state index contributed by atoms with van der Waals surface area (Å²) in [7, 11) is -3.14. The molecule has 1 aliphatic rings. The van der Waals surface area contributed by atoms with Gasteiger partial charge in [0.05, 0.1) is 17.0 Å². The molecule has 0 radical (unpaired) electrons. The summed E-state index contributed by atoms with van der Waals surface area (Å²) in [6.07, 6.45) is 0.327. The second kappa shape index (κ2) is 6.19. The van der Waals surface area contributed by atoms with Crippen LogP contribution >= 0.6 is 0 Å². The number of sulfone groups is 1. The van der Waals surface area contributed by atoms with Crippen LogP contribution in [0, 0.1) is 6.92 Å². The summed E-state index contributed by atoms with van der Waals surface area (Å²) in [4.78, 5) is 23.7. The fourth-order valence-electron chi connectivity index (χ4n) is 2.50. The number of hydrogen-bond acceptors (Lipinski definition) is 6. The zero-order valence-electron chi connectivity index (χ0n) is 13.0. The topological polar surface area (TPSA) is 110 Å². The molecule has 0 aromatic heterocycles. The summed E-state index contributed by atoms with van der Waals surface area (Å²) in [5, 5.41) is 12.3. The van der Waals surface area contributed by atoms with Crippen LogP contribution in [0.4, 0.5) is 0 Å². The Balaban J connectivity index is 1.90. The monoisotopic (exact) mass is 341 g/mol. The number of phenolic OH excluding ortho intramolecular Hbond substituents is 1. The summed E-state index contributed by atoms with van der Waals surface area (Å²) < 4.78 is 27.8. The van der Waals surface area contributed by atoms with Crippen LogP contribution in [-0.4, -0.2) is 49.1 Å². The van der Waals surface area contributed by atoms with Gasteiger partial charge in [0.15, 0.2) is 16.4 Å². The van der Waals surface area contributed by atoms with Gasteiger partial charge >= 0.3 is 5.97 Å². The van der Waals surface area contributed by atoms with E-state index in [0.717, 1.165) is 5.56 Å². The van der Waals surface area contributed by atoms with Gasteiger partial charge in [-0.1, -0.05) is 6.07 Å². The van der Waals surface area contributed by atoms with Gasteiger partial charge in [0.25, 0.3) is 5.91 Å². The second-order valence-corrected chi connectivity index (χ2v) is 8.23. The molecule has 7 nitrogen and oxygen atoms in total. The third-order valence-corrected chi connectivity index (χ3v) is 5.56. The van der Waals surface area contributed by atoms with Crippen molar-refractivity contribution < 1.29 is 27.9 Å². The molecule has 2 rings (SSSR count). The lowest BCUT2D eigenvalue weighted by atomic mass is 10.0. The average Bonchev–Trinajstić information content (AvgIpc) is 2.69. The molecule has 1 amide bonds. The van der Waals surface area contributed by atoms with E-state index in [4.69, 9.17) is 4.74 Å². The number of esters is 1. The fourth-order valence-corrected chi connectivity index (χ4v) is 4.60. The molecule has 1 aromatic carbocycles. The van der Waals surface area contributed by atoms with Crippen molar-refractivity contribution in [3.05, 3.63) is 29.3 Å². The molecule has 1 aliphatic heterocycles. The van der Waals surface area contributed by atoms with E-state index in [1.165, 1.54) is 12.1 Å². The maximum absolute atomic E-state index is 11.8. The van der Waals surface area contributed by atoms with Crippen LogP contribution in [0.25, 0.3) is 0 Å². The molecule has 126 valence electrons. The molecule has 8 heteroatoms. The summed E-state index contributed by atoms with van der Waals surface area (Å²) in [5.74, 6) is -1.71. The lowest BCUT2D eigenvalue weighted by Gasteiger charge is -2.23. The molecular formula is C15H19NO6S. The number of carbonyl (C=O) groups is 2. The molecule has 1 fully saturated rings. The first-order chi connectivity index (χ1) is 10.6. The Morgan fingerprint density at radius 1 is 1.39 bits per heavy atom. The van der Waals surface area contributed by atoms with Crippen LogP contribution in [0.2, 0.25) is 0 Å². The van der Waals surface area contributed by atoms with Crippen LogP contribution in [-0.2, 0) is 19.4 Å². The standard InChI is InChI=1S/C15H19NO6S/c1-10-3-4-11(12(17)7-10)14(19)22-8-13(18)16-15(2)5-6-23(20,21)9-15/h3-4,7,17H,5-6,8-9H2,1-2H3,(H,16,18)/t15-/m1/s1. The van der Waals surface area contributed by atoms with Gasteiger partial charge in [0.1, 0.15) is 11.3 Å². The number of ether oxygens (including phenoxy) is 1. The smallest absolute Gasteiger partial charge is 0.342 e. The van der Waals surface area contributed by atoms with Crippen molar-refractivity contribution in [2.24, 2.45) is 0 Å². The van der Waals surface area contributed by atoms with E-state index in [-0.39, 0.29) is 22.8 Å². The van der Waals surface area contributed by atoms with Gasteiger partial charge < -0.3 is 15.2 Å². The van der Waals surface area contributed by atoms with Gasteiger partial charge in [-0.15, -0.1) is 0 Å². The van der Waals surface area contributed by atoms with Crippen LogP contribution in [0.3, 0.4) is 0 Å². The second-order valence-electron chi connectivity index (χ2n) is 6.05. The summed E-state index contributed by atoms with van der Waals surface area (Å²) in [6, 6.07) is 4.47. The number of amides is 1. The normalized spacial score (nSPS) is 22.5. The quantitative estimate of drug-likeness (QED) is 0.774. The third kappa shape index (κ3) is 4.44. The van der Waals surface area contributed by atoms with E-state index >= 15 is 0 Å². The van der Waals surface area contributed by atoms with Crippen molar-refractivity contribution in [2.75, 3.05) is 18.1 Å². The average molecular weight is 341 g/mol. The highest BCUT2D eigenvalue weighted by atomic mass is 32.2. The molecule has 1 atom stereocenters. The molecule has 0 bridgehead atoms. The lowest BCUT2D eigenvalue weighted by Crippen LogP contribution is -2.48. The van der Waals surface area contributed by atoms with Crippen LogP contribution in [0.15, 0.2) is 18.2 Å². The molecule has 0 aliphatic carbocycles. The molecule has 1 aromatic rings. The molecule has 1 heterocycles. The van der Waals surface area contributed by atoms with E-state index < -0.39 is 33.9 Å². The minimum Gasteiger partial charge on any atom is -0.507 e. The number of rotatable bonds is 4. The van der Waals surface area contributed by atoms with E-state index in [1.54, 1.807) is 19.9 Å². The molecule has 23 heavy (non-hydrogen) atoms. The summed E-state index contributed by atoms with van der Waals surface area (Å²) in [5.41, 5.74) is -0.0841. The summed E-state index contributed by atoms with van der Waals surface area (Å²) in [6.45, 7) is 2.86. The predicted molar refractivity (Wildman–Crippen MR) is 82.9 cm³/mol. The van der Waals surface area contributed by atoms with E-state index in [2.05, 4.69) is 5.32 Å². The minimum atomic E-state index is -3.14. The maximum atomic E-state index is 11.8. The summed E-state index contributed by atoms with van der Waals surface area (Å²) >= 11 is 0.